The van der Waals surface area contributed by atoms with Gasteiger partial charge in [0.15, 0.2) is 0 Å². The van der Waals surface area contributed by atoms with Crippen molar-refractivity contribution in [2.75, 3.05) is 6.61 Å². The summed E-state index contributed by atoms with van der Waals surface area (Å²) < 4.78 is 5.78. The van der Waals surface area contributed by atoms with Crippen molar-refractivity contribution in [1.29, 1.82) is 15.8 Å². The molecule has 0 spiro atoms. The average molecular weight is 452 g/mol. The molecule has 0 unspecified atom stereocenters. The Hall–Kier alpha value is -3.29. The van der Waals surface area contributed by atoms with Crippen molar-refractivity contribution in [3.63, 3.8) is 0 Å². The molecule has 2 aromatic rings. The smallest absolute Gasteiger partial charge is 0.137 e. The molecular weight excluding hydrogens is 418 g/mol. The Labute approximate surface area is 203 Å². The fourth-order valence-electron chi connectivity index (χ4n) is 6.33. The normalized spacial score (nSPS) is 23.0. The number of hydrogen-bond acceptors (Lipinski definition) is 4. The molecule has 3 aliphatic rings. The maximum Gasteiger partial charge on any atom is 0.137 e. The topological polar surface area (TPSA) is 80.6 Å². The first-order valence-corrected chi connectivity index (χ1v) is 12.7. The van der Waals surface area contributed by atoms with Gasteiger partial charge in [0.1, 0.15) is 24.0 Å². The summed E-state index contributed by atoms with van der Waals surface area (Å²) in [5, 5.41) is 30.0. The predicted molar refractivity (Wildman–Crippen MR) is 133 cm³/mol. The van der Waals surface area contributed by atoms with Crippen molar-refractivity contribution in [3.05, 3.63) is 52.6 Å². The zero-order valence-electron chi connectivity index (χ0n) is 20.4. The summed E-state index contributed by atoms with van der Waals surface area (Å²) in [6, 6.07) is 16.5. The molecule has 0 aromatic heterocycles. The molecule has 5 rings (SSSR count). The third-order valence-electron chi connectivity index (χ3n) is 8.35. The Morgan fingerprint density at radius 1 is 0.824 bits per heavy atom. The van der Waals surface area contributed by atoms with Crippen LogP contribution >= 0.6 is 0 Å². The van der Waals surface area contributed by atoms with E-state index in [9.17, 15) is 15.8 Å². The summed E-state index contributed by atoms with van der Waals surface area (Å²) >= 11 is 0. The average Bonchev–Trinajstić information content (AvgIpc) is 2.89. The van der Waals surface area contributed by atoms with Crippen LogP contribution in [-0.2, 0) is 5.41 Å². The van der Waals surface area contributed by atoms with Crippen molar-refractivity contribution in [1.82, 2.24) is 0 Å². The minimum absolute atomic E-state index is 0.0134. The summed E-state index contributed by atoms with van der Waals surface area (Å²) in [4.78, 5) is 0. The number of nitrogens with zero attached hydrogens (tertiary/aromatic N) is 3. The molecule has 0 radical (unpaired) electrons. The molecule has 0 heterocycles. The summed E-state index contributed by atoms with van der Waals surface area (Å²) in [6.45, 7) is 4.95. The highest BCUT2D eigenvalue weighted by atomic mass is 16.5. The van der Waals surface area contributed by atoms with Crippen LogP contribution in [0.3, 0.4) is 0 Å². The largest absolute Gasteiger partial charge is 0.492 e. The quantitative estimate of drug-likeness (QED) is 0.388. The molecular formula is C30H33N3O. The van der Waals surface area contributed by atoms with Crippen LogP contribution in [-0.4, -0.2) is 6.61 Å². The molecule has 4 heteroatoms. The van der Waals surface area contributed by atoms with Gasteiger partial charge in [0.05, 0.1) is 23.3 Å². The van der Waals surface area contributed by atoms with Crippen molar-refractivity contribution in [2.24, 2.45) is 5.41 Å². The SMILES string of the molecule is CCCCOc1ccc(-c2ccc(C34CCC(CCC)(CC3)CC4)c(C#N)c2C#N)cc1C#N. The second-order valence-electron chi connectivity index (χ2n) is 10.2. The van der Waals surface area contributed by atoms with E-state index in [2.05, 4.69) is 38.1 Å². The number of unbranched alkanes of at least 4 members (excludes halogenated alkanes) is 1. The standard InChI is InChI=1S/C30H33N3O/c1-3-5-17-34-28-9-6-22(18-23(28)19-31)24-7-8-27(26(21-33)25(24)20-32)30-14-11-29(10-4-2,12-15-30)13-16-30/h6-9,18H,3-5,10-17H2,1-2H3. The lowest BCUT2D eigenvalue weighted by Gasteiger charge is -2.54. The van der Waals surface area contributed by atoms with E-state index in [-0.39, 0.29) is 5.41 Å². The van der Waals surface area contributed by atoms with Crippen molar-refractivity contribution in [2.45, 2.75) is 83.5 Å². The van der Waals surface area contributed by atoms with Gasteiger partial charge in [-0.3, -0.25) is 0 Å². The van der Waals surface area contributed by atoms with E-state index in [1.54, 1.807) is 12.1 Å². The maximum atomic E-state index is 10.2. The number of nitriles is 3. The molecule has 174 valence electrons. The third kappa shape index (κ3) is 4.17. The summed E-state index contributed by atoms with van der Waals surface area (Å²) in [7, 11) is 0. The first kappa shape index (κ1) is 23.9. The van der Waals surface area contributed by atoms with E-state index in [4.69, 9.17) is 4.74 Å². The minimum Gasteiger partial charge on any atom is -0.492 e. The molecule has 0 saturated heterocycles. The van der Waals surface area contributed by atoms with Gasteiger partial charge < -0.3 is 4.74 Å². The fraction of sp³-hybridized carbons (Fsp3) is 0.500. The molecule has 0 N–H and O–H groups in total. The summed E-state index contributed by atoms with van der Waals surface area (Å²) in [6.07, 6.45) is 11.5. The second kappa shape index (κ2) is 9.91. The van der Waals surface area contributed by atoms with E-state index in [1.807, 2.05) is 12.1 Å². The van der Waals surface area contributed by atoms with Crippen LogP contribution in [0.25, 0.3) is 11.1 Å². The first-order chi connectivity index (χ1) is 16.5. The Morgan fingerprint density at radius 3 is 2.12 bits per heavy atom. The molecule has 34 heavy (non-hydrogen) atoms. The highest BCUT2D eigenvalue weighted by molar-refractivity contribution is 5.77. The third-order valence-corrected chi connectivity index (χ3v) is 8.35. The number of benzene rings is 2. The van der Waals surface area contributed by atoms with E-state index in [0.29, 0.717) is 40.0 Å². The van der Waals surface area contributed by atoms with Gasteiger partial charge in [-0.05, 0) is 85.5 Å². The van der Waals surface area contributed by atoms with Gasteiger partial charge in [-0.25, -0.2) is 0 Å². The molecule has 0 amide bonds. The van der Waals surface area contributed by atoms with Crippen LogP contribution in [0.5, 0.6) is 5.75 Å². The fourth-order valence-corrected chi connectivity index (χ4v) is 6.33. The van der Waals surface area contributed by atoms with Crippen LogP contribution in [0.1, 0.15) is 100 Å². The van der Waals surface area contributed by atoms with E-state index >= 15 is 0 Å². The van der Waals surface area contributed by atoms with E-state index in [0.717, 1.165) is 43.2 Å². The van der Waals surface area contributed by atoms with Gasteiger partial charge in [0.2, 0.25) is 0 Å². The van der Waals surface area contributed by atoms with Crippen LogP contribution in [0.4, 0.5) is 0 Å². The van der Waals surface area contributed by atoms with Gasteiger partial charge in [-0.15, -0.1) is 0 Å². The highest BCUT2D eigenvalue weighted by Gasteiger charge is 2.49. The number of ether oxygens (including phenoxy) is 1. The van der Waals surface area contributed by atoms with Gasteiger partial charge in [0.25, 0.3) is 0 Å². The number of fused-ring (bicyclic) bond motifs is 3. The van der Waals surface area contributed by atoms with Gasteiger partial charge in [-0.1, -0.05) is 44.9 Å². The van der Waals surface area contributed by atoms with Crippen molar-refractivity contribution >= 4 is 0 Å². The zero-order chi connectivity index (χ0) is 24.2. The van der Waals surface area contributed by atoms with E-state index in [1.165, 1.54) is 32.1 Å². The zero-order valence-corrected chi connectivity index (χ0v) is 20.4. The Bertz CT molecular complexity index is 1170. The minimum atomic E-state index is 0.0134. The second-order valence-corrected chi connectivity index (χ2v) is 10.2. The van der Waals surface area contributed by atoms with Crippen molar-refractivity contribution in [3.8, 4) is 35.1 Å². The van der Waals surface area contributed by atoms with Crippen LogP contribution in [0.2, 0.25) is 0 Å². The molecule has 2 aromatic carbocycles. The summed E-state index contributed by atoms with van der Waals surface area (Å²) in [5.41, 5.74) is 4.44. The number of rotatable bonds is 8. The Morgan fingerprint density at radius 2 is 1.53 bits per heavy atom. The van der Waals surface area contributed by atoms with Crippen LogP contribution < -0.4 is 4.74 Å². The van der Waals surface area contributed by atoms with Crippen molar-refractivity contribution < 1.29 is 4.74 Å². The maximum absolute atomic E-state index is 10.2. The van der Waals surface area contributed by atoms with E-state index < -0.39 is 0 Å². The number of hydrogen-bond donors (Lipinski definition) is 0. The summed E-state index contributed by atoms with van der Waals surface area (Å²) in [5.74, 6) is 0.564. The Kier molecular flexibility index (Phi) is 6.95. The van der Waals surface area contributed by atoms with Gasteiger partial charge >= 0.3 is 0 Å². The monoisotopic (exact) mass is 451 g/mol. The first-order valence-electron chi connectivity index (χ1n) is 12.7. The molecule has 2 bridgehead atoms. The molecule has 0 atom stereocenters. The van der Waals surface area contributed by atoms with Crippen LogP contribution in [0.15, 0.2) is 30.3 Å². The predicted octanol–water partition coefficient (Wildman–Crippen LogP) is 7.54. The molecule has 3 aliphatic carbocycles. The van der Waals surface area contributed by atoms with Gasteiger partial charge in [0, 0.05) is 5.56 Å². The Balaban J connectivity index is 1.71. The van der Waals surface area contributed by atoms with Crippen LogP contribution in [0, 0.1) is 39.4 Å². The molecule has 4 nitrogen and oxygen atoms in total. The molecule has 0 aliphatic heterocycles. The lowest BCUT2D eigenvalue weighted by atomic mass is 9.50. The lowest BCUT2D eigenvalue weighted by Crippen LogP contribution is -2.44. The molecule has 3 saturated carbocycles. The highest BCUT2D eigenvalue weighted by Crippen LogP contribution is 2.60. The lowest BCUT2D eigenvalue weighted by molar-refractivity contribution is 0.0319. The van der Waals surface area contributed by atoms with Gasteiger partial charge in [-0.2, -0.15) is 15.8 Å². The molecule has 3 fully saturated rings.